The third-order valence-corrected chi connectivity index (χ3v) is 5.87. The van der Waals surface area contributed by atoms with E-state index >= 15 is 0 Å². The fourth-order valence-electron chi connectivity index (χ4n) is 2.24. The monoisotopic (exact) mass is 407 g/mol. The Morgan fingerprint density at radius 1 is 1.23 bits per heavy atom. The van der Waals surface area contributed by atoms with Crippen molar-refractivity contribution in [1.29, 1.82) is 0 Å². The molecule has 0 aliphatic carbocycles. The molecule has 1 aromatic carbocycles. The van der Waals surface area contributed by atoms with Crippen molar-refractivity contribution in [3.8, 4) is 11.5 Å². The normalized spacial score (nSPS) is 11.5. The molecule has 0 unspecified atom stereocenters. The van der Waals surface area contributed by atoms with Gasteiger partial charge in [-0.1, -0.05) is 0 Å². The molecule has 0 amide bonds. The van der Waals surface area contributed by atoms with Crippen molar-refractivity contribution < 1.29 is 36.6 Å². The van der Waals surface area contributed by atoms with Gasteiger partial charge < -0.3 is 14.6 Å². The molecule has 7 nitrogen and oxygen atoms in total. The number of alkyl halides is 2. The zero-order valence-electron chi connectivity index (χ0n) is 13.9. The van der Waals surface area contributed by atoms with Crippen LogP contribution in [0.3, 0.4) is 0 Å². The molecule has 0 spiro atoms. The lowest BCUT2D eigenvalue weighted by atomic mass is 10.1. The number of methoxy groups -OCH3 is 1. The second-order valence-corrected chi connectivity index (χ2v) is 8.23. The molecule has 0 saturated heterocycles. The second kappa shape index (κ2) is 7.46. The number of ether oxygens (including phenoxy) is 2. The Balaban J connectivity index is 2.54. The minimum Gasteiger partial charge on any atom is -0.493 e. The molecule has 11 heteroatoms. The Hall–Kier alpha value is -2.40. The quantitative estimate of drug-likeness (QED) is 0.729. The first-order valence-electron chi connectivity index (χ1n) is 7.05. The minimum atomic E-state index is -4.09. The van der Waals surface area contributed by atoms with Crippen molar-refractivity contribution >= 4 is 33.0 Å². The zero-order chi connectivity index (χ0) is 19.6. The van der Waals surface area contributed by atoms with E-state index in [9.17, 15) is 27.1 Å². The first-order valence-corrected chi connectivity index (χ1v) is 9.35. The van der Waals surface area contributed by atoms with E-state index in [1.165, 1.54) is 17.4 Å². The molecule has 2 aromatic rings. The number of sulfonamides is 1. The summed E-state index contributed by atoms with van der Waals surface area (Å²) in [6.07, 6.45) is 0. The van der Waals surface area contributed by atoms with Crippen LogP contribution in [0.2, 0.25) is 0 Å². The Morgan fingerprint density at radius 3 is 2.35 bits per heavy atom. The average molecular weight is 407 g/mol. The molecule has 2 N–H and O–H groups in total. The molecule has 26 heavy (non-hydrogen) atoms. The summed E-state index contributed by atoms with van der Waals surface area (Å²) in [5.74, 6) is -2.29. The highest BCUT2D eigenvalue weighted by Gasteiger charge is 2.25. The first-order chi connectivity index (χ1) is 12.0. The number of halogens is 2. The van der Waals surface area contributed by atoms with Crippen LogP contribution in [-0.2, 0) is 10.0 Å². The lowest BCUT2D eigenvalue weighted by molar-refractivity contribution is -0.0512. The summed E-state index contributed by atoms with van der Waals surface area (Å²) in [5.41, 5.74) is -0.895. The Bertz CT molecular complexity index is 940. The first kappa shape index (κ1) is 19.9. The second-order valence-electron chi connectivity index (χ2n) is 5.12. The SMILES string of the molecule is COc1cc(NS(=O)(=O)c2cc(C)sc2C)c(C(=O)O)cc1OC(F)F. The van der Waals surface area contributed by atoms with Gasteiger partial charge in [0.1, 0.15) is 4.90 Å². The van der Waals surface area contributed by atoms with Gasteiger partial charge in [0.05, 0.1) is 18.4 Å². The van der Waals surface area contributed by atoms with Gasteiger partial charge in [-0.05, 0) is 19.9 Å². The number of thiophene rings is 1. The highest BCUT2D eigenvalue weighted by Crippen LogP contribution is 2.36. The Kier molecular flexibility index (Phi) is 5.71. The van der Waals surface area contributed by atoms with Gasteiger partial charge in [-0.3, -0.25) is 4.72 Å². The van der Waals surface area contributed by atoms with Crippen LogP contribution in [-0.4, -0.2) is 33.2 Å². The van der Waals surface area contributed by atoms with E-state index < -0.39 is 33.9 Å². The number of aryl methyl sites for hydroxylation is 2. The van der Waals surface area contributed by atoms with Gasteiger partial charge in [0, 0.05) is 21.9 Å². The van der Waals surface area contributed by atoms with Crippen molar-refractivity contribution in [2.45, 2.75) is 25.4 Å². The van der Waals surface area contributed by atoms with E-state index in [0.29, 0.717) is 4.88 Å². The van der Waals surface area contributed by atoms with Crippen LogP contribution in [0.25, 0.3) is 0 Å². The minimum absolute atomic E-state index is 0.00297. The van der Waals surface area contributed by atoms with Crippen LogP contribution in [0.4, 0.5) is 14.5 Å². The summed E-state index contributed by atoms with van der Waals surface area (Å²) in [6, 6.07) is 3.21. The van der Waals surface area contributed by atoms with Crippen LogP contribution >= 0.6 is 11.3 Å². The van der Waals surface area contributed by atoms with E-state index in [1.54, 1.807) is 13.8 Å². The van der Waals surface area contributed by atoms with Crippen LogP contribution in [0.1, 0.15) is 20.1 Å². The summed E-state index contributed by atoms with van der Waals surface area (Å²) in [4.78, 5) is 12.7. The number of anilines is 1. The van der Waals surface area contributed by atoms with Crippen LogP contribution < -0.4 is 14.2 Å². The van der Waals surface area contributed by atoms with E-state index in [4.69, 9.17) is 4.74 Å². The van der Waals surface area contributed by atoms with Gasteiger partial charge in [-0.25, -0.2) is 13.2 Å². The summed E-state index contributed by atoms with van der Waals surface area (Å²) in [5, 5.41) is 9.30. The number of benzene rings is 1. The standard InChI is InChI=1S/C15H15F2NO6S2/c1-7-4-13(8(2)25-7)26(21,22)18-10-6-11(23-3)12(24-15(16)17)5-9(10)14(19)20/h4-6,15,18H,1-3H3,(H,19,20). The van der Waals surface area contributed by atoms with Gasteiger partial charge >= 0.3 is 12.6 Å². The predicted molar refractivity (Wildman–Crippen MR) is 91.2 cm³/mol. The van der Waals surface area contributed by atoms with Crippen LogP contribution in [0.15, 0.2) is 23.1 Å². The van der Waals surface area contributed by atoms with Crippen LogP contribution in [0.5, 0.6) is 11.5 Å². The molecular weight excluding hydrogens is 392 g/mol. The van der Waals surface area contributed by atoms with E-state index in [0.717, 1.165) is 24.1 Å². The third-order valence-electron chi connectivity index (χ3n) is 3.28. The van der Waals surface area contributed by atoms with Crippen molar-refractivity contribution in [2.75, 3.05) is 11.8 Å². The molecule has 142 valence electrons. The number of rotatable bonds is 7. The number of nitrogens with one attached hydrogen (secondary N) is 1. The number of carboxylic acids is 1. The Morgan fingerprint density at radius 2 is 1.88 bits per heavy atom. The number of hydrogen-bond donors (Lipinski definition) is 2. The van der Waals surface area contributed by atoms with Gasteiger partial charge in [0.25, 0.3) is 10.0 Å². The number of carbonyl (C=O) groups is 1. The molecule has 0 saturated carbocycles. The fraction of sp³-hybridized carbons (Fsp3) is 0.267. The number of aromatic carboxylic acids is 1. The van der Waals surface area contributed by atoms with Gasteiger partial charge in [-0.2, -0.15) is 8.78 Å². The molecule has 2 rings (SSSR count). The fourth-order valence-corrected chi connectivity index (χ4v) is 4.87. The summed E-state index contributed by atoms with van der Waals surface area (Å²) in [7, 11) is -2.94. The average Bonchev–Trinajstić information content (AvgIpc) is 2.86. The lowest BCUT2D eigenvalue weighted by Gasteiger charge is -2.15. The molecule has 1 aromatic heterocycles. The number of carboxylic acid groups (broad SMARTS) is 1. The van der Waals surface area contributed by atoms with Gasteiger partial charge in [-0.15, -0.1) is 11.3 Å². The van der Waals surface area contributed by atoms with Gasteiger partial charge in [0.15, 0.2) is 11.5 Å². The highest BCUT2D eigenvalue weighted by molar-refractivity contribution is 7.93. The molecule has 0 fully saturated rings. The molecule has 0 aliphatic rings. The van der Waals surface area contributed by atoms with Gasteiger partial charge in [0.2, 0.25) is 0 Å². The molecule has 0 bridgehead atoms. The van der Waals surface area contributed by atoms with Crippen molar-refractivity contribution in [2.24, 2.45) is 0 Å². The maximum Gasteiger partial charge on any atom is 0.387 e. The molecule has 0 atom stereocenters. The van der Waals surface area contributed by atoms with E-state index in [1.807, 2.05) is 0 Å². The molecule has 1 heterocycles. The predicted octanol–water partition coefficient (Wildman–Crippen LogP) is 3.47. The van der Waals surface area contributed by atoms with E-state index in [2.05, 4.69) is 9.46 Å². The summed E-state index contributed by atoms with van der Waals surface area (Å²) in [6.45, 7) is 0.146. The molecule has 0 radical (unpaired) electrons. The van der Waals surface area contributed by atoms with E-state index in [-0.39, 0.29) is 16.3 Å². The van der Waals surface area contributed by atoms with Crippen molar-refractivity contribution in [3.63, 3.8) is 0 Å². The Labute approximate surface area is 152 Å². The van der Waals surface area contributed by atoms with Crippen LogP contribution in [0, 0.1) is 13.8 Å². The lowest BCUT2D eigenvalue weighted by Crippen LogP contribution is -2.16. The van der Waals surface area contributed by atoms with Crippen molar-refractivity contribution in [1.82, 2.24) is 0 Å². The maximum atomic E-state index is 12.6. The van der Waals surface area contributed by atoms with Crippen molar-refractivity contribution in [3.05, 3.63) is 33.5 Å². The largest absolute Gasteiger partial charge is 0.493 e. The number of hydrogen-bond acceptors (Lipinski definition) is 6. The summed E-state index contributed by atoms with van der Waals surface area (Å²) >= 11 is 1.27. The third kappa shape index (κ3) is 4.22. The topological polar surface area (TPSA) is 102 Å². The molecular formula is C15H15F2NO6S2. The zero-order valence-corrected chi connectivity index (χ0v) is 15.5. The highest BCUT2D eigenvalue weighted by atomic mass is 32.2. The maximum absolute atomic E-state index is 12.6. The molecule has 0 aliphatic heterocycles. The smallest absolute Gasteiger partial charge is 0.387 e. The summed E-state index contributed by atoms with van der Waals surface area (Å²) < 4.78 is 61.4.